The lowest BCUT2D eigenvalue weighted by atomic mass is 10.1. The highest BCUT2D eigenvalue weighted by Gasteiger charge is 2.20. The van der Waals surface area contributed by atoms with E-state index in [1.807, 2.05) is 6.92 Å². The first-order valence-corrected chi connectivity index (χ1v) is 5.30. The number of amides is 1. The third kappa shape index (κ3) is 3.27. The fraction of sp³-hybridized carbons (Fsp3) is 0.400. The molecule has 0 aromatic carbocycles. The molecule has 0 bridgehead atoms. The normalized spacial score (nSPS) is 12.1. The minimum absolute atomic E-state index is 0.257. The second kappa shape index (κ2) is 5.55. The molecule has 3 N–H and O–H groups in total. The number of hydrogen-bond donors (Lipinski definition) is 3. The molecule has 1 rings (SSSR count). The standard InChI is InChI=1S/C10H13ClN2O3/c1-2-3-7(10(15)16)13-9(14)8-4-6(11)5-12-8/h4-5,7,12H,2-3H2,1H3,(H,13,14)(H,15,16). The van der Waals surface area contributed by atoms with Gasteiger partial charge in [0.2, 0.25) is 0 Å². The van der Waals surface area contributed by atoms with Gasteiger partial charge < -0.3 is 15.4 Å². The minimum Gasteiger partial charge on any atom is -0.480 e. The molecule has 1 aromatic rings. The molecule has 1 unspecified atom stereocenters. The van der Waals surface area contributed by atoms with E-state index < -0.39 is 17.9 Å². The second-order valence-corrected chi connectivity index (χ2v) is 3.82. The second-order valence-electron chi connectivity index (χ2n) is 3.38. The van der Waals surface area contributed by atoms with Crippen molar-refractivity contribution in [3.63, 3.8) is 0 Å². The topological polar surface area (TPSA) is 82.2 Å². The lowest BCUT2D eigenvalue weighted by Gasteiger charge is -2.12. The average molecular weight is 245 g/mol. The summed E-state index contributed by atoms with van der Waals surface area (Å²) in [5, 5.41) is 11.7. The summed E-state index contributed by atoms with van der Waals surface area (Å²) in [6.07, 6.45) is 2.55. The summed E-state index contributed by atoms with van der Waals surface area (Å²) in [6.45, 7) is 1.85. The maximum atomic E-state index is 11.6. The molecular weight excluding hydrogens is 232 g/mol. The molecule has 6 heteroatoms. The van der Waals surface area contributed by atoms with Crippen LogP contribution in [0, 0.1) is 0 Å². The molecule has 0 spiro atoms. The quantitative estimate of drug-likeness (QED) is 0.737. The predicted molar refractivity (Wildman–Crippen MR) is 59.6 cm³/mol. The van der Waals surface area contributed by atoms with Crippen molar-refractivity contribution in [2.75, 3.05) is 0 Å². The van der Waals surface area contributed by atoms with Crippen molar-refractivity contribution in [3.8, 4) is 0 Å². The van der Waals surface area contributed by atoms with Crippen molar-refractivity contribution < 1.29 is 14.7 Å². The van der Waals surface area contributed by atoms with E-state index in [-0.39, 0.29) is 5.69 Å². The van der Waals surface area contributed by atoms with Gasteiger partial charge in [-0.15, -0.1) is 0 Å². The van der Waals surface area contributed by atoms with Crippen molar-refractivity contribution >= 4 is 23.5 Å². The zero-order chi connectivity index (χ0) is 12.1. The average Bonchev–Trinajstić information content (AvgIpc) is 2.64. The number of aromatic nitrogens is 1. The number of H-pyrrole nitrogens is 1. The Kier molecular flexibility index (Phi) is 4.37. The fourth-order valence-electron chi connectivity index (χ4n) is 1.28. The number of nitrogens with one attached hydrogen (secondary N) is 2. The molecule has 88 valence electrons. The van der Waals surface area contributed by atoms with Gasteiger partial charge in [0.15, 0.2) is 0 Å². The molecule has 0 saturated heterocycles. The van der Waals surface area contributed by atoms with Crippen molar-refractivity contribution in [3.05, 3.63) is 23.0 Å². The SMILES string of the molecule is CCCC(NC(=O)c1cc(Cl)c[nH]1)C(=O)O. The molecule has 1 atom stereocenters. The van der Waals surface area contributed by atoms with Gasteiger partial charge in [0, 0.05) is 6.20 Å². The molecule has 0 aliphatic carbocycles. The molecule has 1 heterocycles. The van der Waals surface area contributed by atoms with Gasteiger partial charge in [-0.3, -0.25) is 4.79 Å². The first-order valence-electron chi connectivity index (χ1n) is 4.92. The number of aromatic amines is 1. The number of halogens is 1. The molecule has 0 fully saturated rings. The van der Waals surface area contributed by atoms with Gasteiger partial charge in [-0.1, -0.05) is 24.9 Å². The molecular formula is C10H13ClN2O3. The van der Waals surface area contributed by atoms with E-state index in [0.29, 0.717) is 17.9 Å². The number of hydrogen-bond acceptors (Lipinski definition) is 2. The molecule has 5 nitrogen and oxygen atoms in total. The van der Waals surface area contributed by atoms with Crippen LogP contribution in [0.1, 0.15) is 30.3 Å². The highest BCUT2D eigenvalue weighted by molar-refractivity contribution is 6.30. The zero-order valence-corrected chi connectivity index (χ0v) is 9.54. The number of carboxylic acid groups (broad SMARTS) is 1. The summed E-state index contributed by atoms with van der Waals surface area (Å²) >= 11 is 5.64. The van der Waals surface area contributed by atoms with Gasteiger partial charge >= 0.3 is 5.97 Å². The van der Waals surface area contributed by atoms with E-state index >= 15 is 0 Å². The van der Waals surface area contributed by atoms with Gasteiger partial charge in [0.25, 0.3) is 5.91 Å². The lowest BCUT2D eigenvalue weighted by molar-refractivity contribution is -0.139. The van der Waals surface area contributed by atoms with Crippen molar-refractivity contribution in [1.82, 2.24) is 10.3 Å². The Morgan fingerprint density at radius 2 is 2.31 bits per heavy atom. The van der Waals surface area contributed by atoms with Gasteiger partial charge in [-0.25, -0.2) is 4.79 Å². The molecule has 1 amide bonds. The van der Waals surface area contributed by atoms with Crippen LogP contribution in [0.5, 0.6) is 0 Å². The number of carbonyl (C=O) groups is 2. The van der Waals surface area contributed by atoms with Crippen LogP contribution in [0.3, 0.4) is 0 Å². The van der Waals surface area contributed by atoms with Gasteiger partial charge in [-0.05, 0) is 12.5 Å². The molecule has 1 aromatic heterocycles. The van der Waals surface area contributed by atoms with Crippen LogP contribution in [0.2, 0.25) is 5.02 Å². The van der Waals surface area contributed by atoms with E-state index in [0.717, 1.165) is 0 Å². The van der Waals surface area contributed by atoms with E-state index in [4.69, 9.17) is 16.7 Å². The summed E-state index contributed by atoms with van der Waals surface area (Å²) in [5.74, 6) is -1.50. The number of carbonyl (C=O) groups excluding carboxylic acids is 1. The third-order valence-electron chi connectivity index (χ3n) is 2.07. The zero-order valence-electron chi connectivity index (χ0n) is 8.79. The smallest absolute Gasteiger partial charge is 0.326 e. The van der Waals surface area contributed by atoms with Crippen molar-refractivity contribution in [2.45, 2.75) is 25.8 Å². The molecule has 16 heavy (non-hydrogen) atoms. The van der Waals surface area contributed by atoms with Crippen LogP contribution < -0.4 is 5.32 Å². The largest absolute Gasteiger partial charge is 0.480 e. The van der Waals surface area contributed by atoms with Gasteiger partial charge in [0.1, 0.15) is 11.7 Å². The Labute approximate surface area is 97.8 Å². The monoisotopic (exact) mass is 244 g/mol. The first-order chi connectivity index (χ1) is 7.54. The Hall–Kier alpha value is -1.49. The summed E-state index contributed by atoms with van der Waals surface area (Å²) in [5.41, 5.74) is 0.257. The van der Waals surface area contributed by atoms with Crippen LogP contribution >= 0.6 is 11.6 Å². The Bertz CT molecular complexity index is 389. The van der Waals surface area contributed by atoms with Crippen LogP contribution in [-0.4, -0.2) is 28.0 Å². The third-order valence-corrected chi connectivity index (χ3v) is 2.29. The summed E-state index contributed by atoms with van der Waals surface area (Å²) in [7, 11) is 0. The minimum atomic E-state index is -1.03. The van der Waals surface area contributed by atoms with E-state index in [1.165, 1.54) is 12.3 Å². The summed E-state index contributed by atoms with van der Waals surface area (Å²) in [6, 6.07) is 0.585. The maximum Gasteiger partial charge on any atom is 0.326 e. The highest BCUT2D eigenvalue weighted by atomic mass is 35.5. The molecule has 0 saturated carbocycles. The summed E-state index contributed by atoms with van der Waals surface area (Å²) < 4.78 is 0. The number of rotatable bonds is 5. The van der Waals surface area contributed by atoms with Gasteiger partial charge in [-0.2, -0.15) is 0 Å². The Morgan fingerprint density at radius 1 is 1.62 bits per heavy atom. The summed E-state index contributed by atoms with van der Waals surface area (Å²) in [4.78, 5) is 25.0. The number of aliphatic carboxylic acids is 1. The predicted octanol–water partition coefficient (Wildman–Crippen LogP) is 1.65. The molecule has 0 radical (unpaired) electrons. The van der Waals surface area contributed by atoms with Crippen LogP contribution in [-0.2, 0) is 4.79 Å². The van der Waals surface area contributed by atoms with Crippen molar-refractivity contribution in [1.29, 1.82) is 0 Å². The maximum absolute atomic E-state index is 11.6. The van der Waals surface area contributed by atoms with E-state index in [9.17, 15) is 9.59 Å². The van der Waals surface area contributed by atoms with Gasteiger partial charge in [0.05, 0.1) is 5.02 Å². The lowest BCUT2D eigenvalue weighted by Crippen LogP contribution is -2.40. The molecule has 0 aliphatic heterocycles. The van der Waals surface area contributed by atoms with Crippen LogP contribution in [0.4, 0.5) is 0 Å². The van der Waals surface area contributed by atoms with Crippen molar-refractivity contribution in [2.24, 2.45) is 0 Å². The Balaban J connectivity index is 2.65. The van der Waals surface area contributed by atoms with E-state index in [2.05, 4.69) is 10.3 Å². The fourth-order valence-corrected chi connectivity index (χ4v) is 1.44. The van der Waals surface area contributed by atoms with Crippen LogP contribution in [0.15, 0.2) is 12.3 Å². The van der Waals surface area contributed by atoms with E-state index in [1.54, 1.807) is 0 Å². The highest BCUT2D eigenvalue weighted by Crippen LogP contribution is 2.09. The van der Waals surface area contributed by atoms with Crippen LogP contribution in [0.25, 0.3) is 0 Å². The Morgan fingerprint density at radius 3 is 2.75 bits per heavy atom. The molecule has 0 aliphatic rings. The number of carboxylic acids is 1. The first kappa shape index (κ1) is 12.6.